The standard InChI is InChI=1S/C20H30O2/c1-5-18(2)11-12-19(3)14(13-18)8-9-16-15(19)7-6-10-20(16,4)17(21)22/h5,9,14-15H,1,6-8,10-13H2,2-4H3,(H,21,22). The number of hydrogen-bond donors (Lipinski definition) is 1. The molecule has 1 N–H and O–H groups in total. The van der Waals surface area contributed by atoms with Crippen LogP contribution in [0.1, 0.15) is 65.7 Å². The van der Waals surface area contributed by atoms with Gasteiger partial charge in [0.2, 0.25) is 0 Å². The summed E-state index contributed by atoms with van der Waals surface area (Å²) in [6.07, 6.45) is 12.1. The number of allylic oxidation sites excluding steroid dienone is 2. The number of carbonyl (C=O) groups is 1. The maximum absolute atomic E-state index is 11.9. The minimum absolute atomic E-state index is 0.264. The van der Waals surface area contributed by atoms with Crippen molar-refractivity contribution in [2.75, 3.05) is 0 Å². The van der Waals surface area contributed by atoms with Gasteiger partial charge < -0.3 is 5.11 Å². The molecule has 3 rings (SSSR count). The molecule has 0 aromatic rings. The lowest BCUT2D eigenvalue weighted by atomic mass is 9.46. The highest BCUT2D eigenvalue weighted by atomic mass is 16.4. The van der Waals surface area contributed by atoms with Crippen LogP contribution >= 0.6 is 0 Å². The molecule has 3 aliphatic rings. The van der Waals surface area contributed by atoms with E-state index in [0.717, 1.165) is 19.3 Å². The highest BCUT2D eigenvalue weighted by Gasteiger charge is 2.55. The van der Waals surface area contributed by atoms with Crippen molar-refractivity contribution in [2.45, 2.75) is 65.7 Å². The highest BCUT2D eigenvalue weighted by Crippen LogP contribution is 2.63. The Balaban J connectivity index is 1.98. The van der Waals surface area contributed by atoms with E-state index in [4.69, 9.17) is 0 Å². The molecule has 0 amide bonds. The zero-order valence-corrected chi connectivity index (χ0v) is 14.3. The van der Waals surface area contributed by atoms with E-state index in [0.29, 0.717) is 11.8 Å². The molecule has 2 nitrogen and oxygen atoms in total. The maximum Gasteiger partial charge on any atom is 0.313 e. The molecule has 0 aliphatic heterocycles. The van der Waals surface area contributed by atoms with Crippen molar-refractivity contribution in [3.8, 4) is 0 Å². The Morgan fingerprint density at radius 1 is 1.32 bits per heavy atom. The van der Waals surface area contributed by atoms with Crippen molar-refractivity contribution in [3.05, 3.63) is 24.3 Å². The van der Waals surface area contributed by atoms with E-state index in [1.807, 2.05) is 6.92 Å². The fourth-order valence-electron chi connectivity index (χ4n) is 5.55. The summed E-state index contributed by atoms with van der Waals surface area (Å²) < 4.78 is 0. The Kier molecular flexibility index (Phi) is 3.58. The van der Waals surface area contributed by atoms with Gasteiger partial charge >= 0.3 is 5.97 Å². The number of carboxylic acids is 1. The van der Waals surface area contributed by atoms with E-state index in [1.165, 1.54) is 31.3 Å². The summed E-state index contributed by atoms with van der Waals surface area (Å²) >= 11 is 0. The summed E-state index contributed by atoms with van der Waals surface area (Å²) in [6, 6.07) is 0. The van der Waals surface area contributed by atoms with Crippen molar-refractivity contribution in [1.29, 1.82) is 0 Å². The molecule has 0 spiro atoms. The second-order valence-electron chi connectivity index (χ2n) is 8.74. The predicted octanol–water partition coefficient (Wildman–Crippen LogP) is 5.21. The molecule has 0 aromatic heterocycles. The largest absolute Gasteiger partial charge is 0.481 e. The lowest BCUT2D eigenvalue weighted by Crippen LogP contribution is -2.50. The molecule has 0 bridgehead atoms. The average Bonchev–Trinajstić information content (AvgIpc) is 2.49. The summed E-state index contributed by atoms with van der Waals surface area (Å²) in [5.74, 6) is 0.516. The number of hydrogen-bond acceptors (Lipinski definition) is 1. The van der Waals surface area contributed by atoms with Crippen LogP contribution in [0.3, 0.4) is 0 Å². The van der Waals surface area contributed by atoms with Gasteiger partial charge in [-0.2, -0.15) is 0 Å². The molecule has 0 radical (unpaired) electrons. The molecule has 5 unspecified atom stereocenters. The second kappa shape index (κ2) is 4.97. The molecular formula is C20H30O2. The molecule has 2 heteroatoms. The van der Waals surface area contributed by atoms with Crippen LogP contribution in [0, 0.1) is 28.1 Å². The lowest BCUT2D eigenvalue weighted by molar-refractivity contribution is -0.148. The molecule has 2 saturated carbocycles. The quantitative estimate of drug-likeness (QED) is 0.711. The van der Waals surface area contributed by atoms with Crippen LogP contribution in [0.25, 0.3) is 0 Å². The maximum atomic E-state index is 11.9. The summed E-state index contributed by atoms with van der Waals surface area (Å²) in [4.78, 5) is 11.9. The van der Waals surface area contributed by atoms with Crippen molar-refractivity contribution in [2.24, 2.45) is 28.1 Å². The zero-order chi connectivity index (χ0) is 16.2. The normalized spacial score (nSPS) is 47.9. The van der Waals surface area contributed by atoms with Crippen LogP contribution in [-0.2, 0) is 4.79 Å². The van der Waals surface area contributed by atoms with E-state index in [2.05, 4.69) is 32.6 Å². The third-order valence-electron chi connectivity index (χ3n) is 7.45. The Bertz CT molecular complexity index is 534. The molecule has 3 aliphatic carbocycles. The minimum Gasteiger partial charge on any atom is -0.481 e. The van der Waals surface area contributed by atoms with Crippen molar-refractivity contribution >= 4 is 5.97 Å². The van der Waals surface area contributed by atoms with Crippen molar-refractivity contribution in [1.82, 2.24) is 0 Å². The van der Waals surface area contributed by atoms with E-state index < -0.39 is 11.4 Å². The van der Waals surface area contributed by atoms with Gasteiger partial charge in [-0.3, -0.25) is 4.79 Å². The predicted molar refractivity (Wildman–Crippen MR) is 89.5 cm³/mol. The number of rotatable bonds is 2. The van der Waals surface area contributed by atoms with Gasteiger partial charge in [0.25, 0.3) is 0 Å². The first-order valence-electron chi connectivity index (χ1n) is 8.83. The van der Waals surface area contributed by atoms with E-state index in [9.17, 15) is 9.90 Å². The summed E-state index contributed by atoms with van der Waals surface area (Å²) in [5, 5.41) is 9.78. The molecule has 22 heavy (non-hydrogen) atoms. The number of carboxylic acid groups (broad SMARTS) is 1. The monoisotopic (exact) mass is 302 g/mol. The average molecular weight is 302 g/mol. The van der Waals surface area contributed by atoms with Crippen LogP contribution in [0.15, 0.2) is 24.3 Å². The van der Waals surface area contributed by atoms with Crippen LogP contribution < -0.4 is 0 Å². The third-order valence-corrected chi connectivity index (χ3v) is 7.45. The summed E-state index contributed by atoms with van der Waals surface area (Å²) in [6.45, 7) is 10.8. The van der Waals surface area contributed by atoms with Crippen LogP contribution in [0.2, 0.25) is 0 Å². The van der Waals surface area contributed by atoms with Crippen molar-refractivity contribution in [3.63, 3.8) is 0 Å². The summed E-state index contributed by atoms with van der Waals surface area (Å²) in [7, 11) is 0. The van der Waals surface area contributed by atoms with Gasteiger partial charge in [0.15, 0.2) is 0 Å². The first-order valence-corrected chi connectivity index (χ1v) is 8.83. The van der Waals surface area contributed by atoms with Gasteiger partial charge in [-0.1, -0.05) is 38.0 Å². The Morgan fingerprint density at radius 2 is 2.05 bits per heavy atom. The SMILES string of the molecule is C=CC1(C)CCC2(C)C(CC=C3C2CCCC3(C)C(=O)O)C1. The Labute approximate surface area is 134 Å². The highest BCUT2D eigenvalue weighted by molar-refractivity contribution is 5.78. The van der Waals surface area contributed by atoms with E-state index >= 15 is 0 Å². The minimum atomic E-state index is -0.629. The molecule has 2 fully saturated rings. The number of aliphatic carboxylic acids is 1. The fraction of sp³-hybridized carbons (Fsp3) is 0.750. The van der Waals surface area contributed by atoms with Gasteiger partial charge in [0.05, 0.1) is 5.41 Å². The molecule has 0 aromatic carbocycles. The fourth-order valence-corrected chi connectivity index (χ4v) is 5.55. The molecule has 5 atom stereocenters. The van der Waals surface area contributed by atoms with Crippen molar-refractivity contribution < 1.29 is 9.90 Å². The Hall–Kier alpha value is -1.05. The van der Waals surface area contributed by atoms with Crippen LogP contribution in [0.5, 0.6) is 0 Å². The van der Waals surface area contributed by atoms with Gasteiger partial charge in [-0.25, -0.2) is 0 Å². The topological polar surface area (TPSA) is 37.3 Å². The summed E-state index contributed by atoms with van der Waals surface area (Å²) in [5.41, 5.74) is 1.16. The van der Waals surface area contributed by atoms with Gasteiger partial charge in [0, 0.05) is 0 Å². The first kappa shape index (κ1) is 15.8. The Morgan fingerprint density at radius 3 is 2.68 bits per heavy atom. The zero-order valence-electron chi connectivity index (χ0n) is 14.3. The van der Waals surface area contributed by atoms with Crippen LogP contribution in [0.4, 0.5) is 0 Å². The lowest BCUT2D eigenvalue weighted by Gasteiger charge is -2.57. The van der Waals surface area contributed by atoms with Gasteiger partial charge in [-0.15, -0.1) is 6.58 Å². The second-order valence-corrected chi connectivity index (χ2v) is 8.74. The molecular weight excluding hydrogens is 272 g/mol. The number of fused-ring (bicyclic) bond motifs is 3. The molecule has 122 valence electrons. The smallest absolute Gasteiger partial charge is 0.313 e. The third kappa shape index (κ3) is 2.10. The molecule has 0 saturated heterocycles. The van der Waals surface area contributed by atoms with Gasteiger partial charge in [-0.05, 0) is 68.1 Å². The van der Waals surface area contributed by atoms with Crippen LogP contribution in [-0.4, -0.2) is 11.1 Å². The van der Waals surface area contributed by atoms with Gasteiger partial charge in [0.1, 0.15) is 0 Å². The van der Waals surface area contributed by atoms with E-state index in [1.54, 1.807) is 0 Å². The van der Waals surface area contributed by atoms with E-state index in [-0.39, 0.29) is 10.8 Å². The first-order chi connectivity index (χ1) is 10.3. The molecule has 0 heterocycles.